The van der Waals surface area contributed by atoms with E-state index < -0.39 is 0 Å². The molecule has 0 amide bonds. The number of nitrogens with zero attached hydrogens (tertiary/aromatic N) is 2. The summed E-state index contributed by atoms with van der Waals surface area (Å²) in [4.78, 5) is 0. The summed E-state index contributed by atoms with van der Waals surface area (Å²) in [6.07, 6.45) is -0.195. The zero-order valence-corrected chi connectivity index (χ0v) is 15.4. The summed E-state index contributed by atoms with van der Waals surface area (Å²) in [7, 11) is 0. The number of thiocarbonyl (C=S) groups is 2. The summed E-state index contributed by atoms with van der Waals surface area (Å²) in [5.74, 6) is 0. The second kappa shape index (κ2) is 11.2. The topological polar surface area (TPSA) is 94.1 Å². The molecular weight excluding hydrogens is 334 g/mol. The molecule has 0 bridgehead atoms. The Labute approximate surface area is 147 Å². The van der Waals surface area contributed by atoms with Crippen molar-refractivity contribution < 1.29 is 4.74 Å². The summed E-state index contributed by atoms with van der Waals surface area (Å²) in [6, 6.07) is 0. The lowest BCUT2D eigenvalue weighted by atomic mass is 10.1. The Morgan fingerprint density at radius 1 is 1.13 bits per heavy atom. The van der Waals surface area contributed by atoms with Gasteiger partial charge in [-0.2, -0.15) is 10.2 Å². The highest BCUT2D eigenvalue weighted by Gasteiger charge is 2.22. The highest BCUT2D eigenvalue weighted by Crippen LogP contribution is 2.01. The second-order valence-corrected chi connectivity index (χ2v) is 5.52. The fourth-order valence-corrected chi connectivity index (χ4v) is 2.21. The molecule has 0 spiro atoms. The van der Waals surface area contributed by atoms with Crippen LogP contribution in [0.1, 0.15) is 20.8 Å². The summed E-state index contributed by atoms with van der Waals surface area (Å²) >= 11 is 10.2. The van der Waals surface area contributed by atoms with Crippen molar-refractivity contribution in [2.45, 2.75) is 26.9 Å². The maximum Gasteiger partial charge on any atom is 0.186 e. The average Bonchev–Trinajstić information content (AvgIpc) is 2.54. The van der Waals surface area contributed by atoms with Gasteiger partial charge in [0.15, 0.2) is 10.2 Å². The number of hydrogen-bond donors (Lipinski definition) is 5. The summed E-state index contributed by atoms with van der Waals surface area (Å²) < 4.78 is 5.75. The highest BCUT2D eigenvalue weighted by molar-refractivity contribution is 7.80. The number of hydrazone groups is 2. The predicted octanol–water partition coefficient (Wildman–Crippen LogP) is -0.325. The average molecular weight is 360 g/mol. The van der Waals surface area contributed by atoms with Gasteiger partial charge in [0, 0.05) is 26.2 Å². The Bertz CT molecular complexity index is 461. The third-order valence-electron chi connectivity index (χ3n) is 2.88. The number of morpholine rings is 1. The first-order valence-electron chi connectivity index (χ1n) is 7.60. The summed E-state index contributed by atoms with van der Waals surface area (Å²) in [5.41, 5.74) is 6.95. The summed E-state index contributed by atoms with van der Waals surface area (Å²) in [6.45, 7) is 9.34. The van der Waals surface area contributed by atoms with Gasteiger partial charge in [-0.3, -0.25) is 10.9 Å². The zero-order chi connectivity index (χ0) is 17.1. The lowest BCUT2D eigenvalue weighted by Gasteiger charge is -2.25. The van der Waals surface area contributed by atoms with Crippen LogP contribution < -0.4 is 26.8 Å². The monoisotopic (exact) mass is 359 g/mol. The van der Waals surface area contributed by atoms with Gasteiger partial charge in [0.05, 0.1) is 12.3 Å². The Hall–Kier alpha value is -1.36. The van der Waals surface area contributed by atoms with Crippen molar-refractivity contribution in [2.24, 2.45) is 10.2 Å². The van der Waals surface area contributed by atoms with Gasteiger partial charge in [-0.1, -0.05) is 0 Å². The molecule has 1 unspecified atom stereocenters. The number of rotatable bonds is 6. The molecule has 0 radical (unpaired) electrons. The molecule has 1 aliphatic rings. The minimum absolute atomic E-state index is 0.195. The largest absolute Gasteiger partial charge is 0.369 e. The standard InChI is InChI=1S/C13H25N7OS2/c1-4-15-12(22)19-17-9(3)11(10-8-14-6-7-21-10)18-20-13(23)16-5-2/h10,14H,4-8H2,1-3H3,(H2,15,19,22)(H2,16,20,23)/b17-9+,18-11-. The van der Waals surface area contributed by atoms with E-state index in [2.05, 4.69) is 37.0 Å². The van der Waals surface area contributed by atoms with Gasteiger partial charge in [-0.15, -0.1) is 0 Å². The smallest absolute Gasteiger partial charge is 0.186 e. The van der Waals surface area contributed by atoms with E-state index in [1.807, 2.05) is 20.8 Å². The minimum Gasteiger partial charge on any atom is -0.369 e. The number of nitrogens with one attached hydrogen (secondary N) is 5. The van der Waals surface area contributed by atoms with Gasteiger partial charge in [0.2, 0.25) is 0 Å². The van der Waals surface area contributed by atoms with Crippen LogP contribution in [0.2, 0.25) is 0 Å². The van der Waals surface area contributed by atoms with Crippen LogP contribution in [0.15, 0.2) is 10.2 Å². The highest BCUT2D eigenvalue weighted by atomic mass is 32.1. The molecule has 0 aromatic heterocycles. The van der Waals surface area contributed by atoms with Crippen LogP contribution >= 0.6 is 24.4 Å². The zero-order valence-electron chi connectivity index (χ0n) is 13.7. The van der Waals surface area contributed by atoms with E-state index >= 15 is 0 Å². The molecule has 0 saturated carbocycles. The Kier molecular flexibility index (Phi) is 9.60. The molecule has 1 heterocycles. The van der Waals surface area contributed by atoms with E-state index in [1.54, 1.807) is 0 Å². The number of hydrogen-bond acceptors (Lipinski definition) is 6. The van der Waals surface area contributed by atoms with Gasteiger partial charge in [-0.25, -0.2) is 0 Å². The van der Waals surface area contributed by atoms with E-state index in [0.29, 0.717) is 34.8 Å². The third kappa shape index (κ3) is 7.64. The van der Waals surface area contributed by atoms with Crippen LogP contribution in [0.4, 0.5) is 0 Å². The molecule has 0 aromatic carbocycles. The van der Waals surface area contributed by atoms with E-state index in [0.717, 1.165) is 19.6 Å². The van der Waals surface area contributed by atoms with Crippen LogP contribution in [-0.4, -0.2) is 60.5 Å². The molecule has 8 nitrogen and oxygen atoms in total. The van der Waals surface area contributed by atoms with Gasteiger partial charge in [0.25, 0.3) is 0 Å². The molecule has 23 heavy (non-hydrogen) atoms. The van der Waals surface area contributed by atoms with Gasteiger partial charge in [-0.05, 0) is 45.2 Å². The first-order valence-corrected chi connectivity index (χ1v) is 8.42. The van der Waals surface area contributed by atoms with Gasteiger partial charge >= 0.3 is 0 Å². The van der Waals surface area contributed by atoms with Crippen molar-refractivity contribution in [3.05, 3.63) is 0 Å². The van der Waals surface area contributed by atoms with Crippen molar-refractivity contribution >= 4 is 46.1 Å². The molecule has 5 N–H and O–H groups in total. The van der Waals surface area contributed by atoms with Crippen molar-refractivity contribution in [3.8, 4) is 0 Å². The molecule has 0 aromatic rings. The van der Waals surface area contributed by atoms with Crippen LogP contribution in [0.5, 0.6) is 0 Å². The molecule has 1 atom stereocenters. The summed E-state index contributed by atoms with van der Waals surface area (Å²) in [5, 5.41) is 18.8. The van der Waals surface area contributed by atoms with Gasteiger partial charge in [0.1, 0.15) is 11.8 Å². The molecule has 1 aliphatic heterocycles. The van der Waals surface area contributed by atoms with E-state index in [4.69, 9.17) is 29.2 Å². The molecular formula is C13H25N7OS2. The third-order valence-corrected chi connectivity index (χ3v) is 3.35. The molecule has 1 rings (SSSR count). The van der Waals surface area contributed by atoms with Crippen molar-refractivity contribution in [2.75, 3.05) is 32.8 Å². The molecule has 0 aliphatic carbocycles. The van der Waals surface area contributed by atoms with E-state index in [-0.39, 0.29) is 6.10 Å². The van der Waals surface area contributed by atoms with Crippen molar-refractivity contribution in [1.82, 2.24) is 26.8 Å². The normalized spacial score (nSPS) is 19.0. The van der Waals surface area contributed by atoms with Gasteiger partial charge < -0.3 is 20.7 Å². The van der Waals surface area contributed by atoms with Crippen molar-refractivity contribution in [1.29, 1.82) is 0 Å². The van der Waals surface area contributed by atoms with Crippen LogP contribution in [-0.2, 0) is 4.74 Å². The maximum atomic E-state index is 5.75. The maximum absolute atomic E-state index is 5.75. The van der Waals surface area contributed by atoms with Crippen LogP contribution in [0.3, 0.4) is 0 Å². The number of ether oxygens (including phenoxy) is 1. The Morgan fingerprint density at radius 3 is 2.26 bits per heavy atom. The quantitative estimate of drug-likeness (QED) is 0.250. The predicted molar refractivity (Wildman–Crippen MR) is 102 cm³/mol. The van der Waals surface area contributed by atoms with Crippen LogP contribution in [0.25, 0.3) is 0 Å². The second-order valence-electron chi connectivity index (χ2n) is 4.70. The first kappa shape index (κ1) is 19.7. The van der Waals surface area contributed by atoms with Crippen LogP contribution in [0, 0.1) is 0 Å². The molecule has 1 fully saturated rings. The van der Waals surface area contributed by atoms with Crippen molar-refractivity contribution in [3.63, 3.8) is 0 Å². The molecule has 130 valence electrons. The fraction of sp³-hybridized carbons (Fsp3) is 0.692. The molecule has 1 saturated heterocycles. The van der Waals surface area contributed by atoms with E-state index in [1.165, 1.54) is 0 Å². The fourth-order valence-electron chi connectivity index (χ4n) is 1.83. The minimum atomic E-state index is -0.195. The lowest BCUT2D eigenvalue weighted by Crippen LogP contribution is -2.47. The Balaban J connectivity index is 2.80. The first-order chi connectivity index (χ1) is 11.1. The molecule has 10 heteroatoms. The Morgan fingerprint density at radius 2 is 1.74 bits per heavy atom. The SMILES string of the molecule is CCNC(=S)N/N=C(/C(C)=N/NC(=S)NCC)C1CNCCO1. The van der Waals surface area contributed by atoms with E-state index in [9.17, 15) is 0 Å². The lowest BCUT2D eigenvalue weighted by molar-refractivity contribution is 0.0720.